The van der Waals surface area contributed by atoms with Gasteiger partial charge >= 0.3 is 0 Å². The lowest BCUT2D eigenvalue weighted by Crippen LogP contribution is -2.65. The number of ketones is 2. The van der Waals surface area contributed by atoms with E-state index in [1.165, 1.54) is 4.90 Å². The number of aliphatic hydroxyl groups is 3. The Morgan fingerprint density at radius 1 is 1.10 bits per heavy atom. The van der Waals surface area contributed by atoms with Crippen LogP contribution in [0.25, 0.3) is 5.76 Å². The van der Waals surface area contributed by atoms with Crippen LogP contribution in [0.4, 0.5) is 5.69 Å². The van der Waals surface area contributed by atoms with Gasteiger partial charge in [0.15, 0.2) is 11.4 Å². The Morgan fingerprint density at radius 3 is 2.22 bits per heavy atom. The first kappa shape index (κ1) is 30.5. The summed E-state index contributed by atoms with van der Waals surface area (Å²) in [5.41, 5.74) is 3.82. The highest BCUT2D eigenvalue weighted by Crippen LogP contribution is 2.54. The number of carbonyl (C=O) groups excluding carboxylic acids is 3. The lowest BCUT2D eigenvalue weighted by molar-refractivity contribution is -0.153. The summed E-state index contributed by atoms with van der Waals surface area (Å²) in [6.07, 6.45) is 0.295. The maximum atomic E-state index is 14.1. The summed E-state index contributed by atoms with van der Waals surface area (Å²) in [5.74, 6) is -6.52. The Morgan fingerprint density at radius 2 is 1.71 bits per heavy atom. The number of primary amides is 1. The monoisotopic (exact) mass is 570 g/mol. The standard InChI is InChI=1S/C30H42N4O7/c1-29(2,3)13-34(8)12-15-11-18(32(4)5)16-9-14-10-17-22(33(6)7)25(37)21(28(31)40)27(39)30(17,41)26(38)19(14)24(36)20(16)23(15)35/h11,14,17,22,35-36,39,41H,9-10,12-13H2,1-8H3,(H2,31,40). The van der Waals surface area contributed by atoms with Gasteiger partial charge in [-0.15, -0.1) is 0 Å². The summed E-state index contributed by atoms with van der Waals surface area (Å²) in [4.78, 5) is 45.0. The lowest BCUT2D eigenvalue weighted by atomic mass is 9.57. The molecule has 1 aromatic rings. The number of aliphatic hydroxyl groups excluding tert-OH is 2. The molecule has 11 heteroatoms. The van der Waals surface area contributed by atoms with Gasteiger partial charge in [0.25, 0.3) is 5.91 Å². The Kier molecular flexibility index (Phi) is 7.56. The van der Waals surface area contributed by atoms with E-state index in [2.05, 4.69) is 25.7 Å². The summed E-state index contributed by atoms with van der Waals surface area (Å²) in [6.45, 7) is 7.44. The fourth-order valence-electron chi connectivity index (χ4n) is 7.02. The van der Waals surface area contributed by atoms with Gasteiger partial charge in [0.2, 0.25) is 5.78 Å². The Hall–Kier alpha value is -3.41. The minimum absolute atomic E-state index is 0.00583. The Labute approximate surface area is 240 Å². The molecule has 0 radical (unpaired) electrons. The van der Waals surface area contributed by atoms with Crippen LogP contribution in [0.5, 0.6) is 5.75 Å². The van der Waals surface area contributed by atoms with Gasteiger partial charge in [0.1, 0.15) is 22.8 Å². The molecule has 4 atom stereocenters. The first-order chi connectivity index (χ1) is 18.8. The minimum atomic E-state index is -2.66. The molecule has 1 saturated carbocycles. The zero-order valence-corrected chi connectivity index (χ0v) is 25.1. The van der Waals surface area contributed by atoms with E-state index in [9.17, 15) is 34.8 Å². The number of nitrogens with zero attached hydrogens (tertiary/aromatic N) is 3. The summed E-state index contributed by atoms with van der Waals surface area (Å²) in [7, 11) is 8.80. The molecule has 0 bridgehead atoms. The van der Waals surface area contributed by atoms with Crippen LogP contribution in [0.15, 0.2) is 23.0 Å². The van der Waals surface area contributed by atoms with Gasteiger partial charge in [-0.05, 0) is 56.9 Å². The van der Waals surface area contributed by atoms with Crippen molar-refractivity contribution in [3.63, 3.8) is 0 Å². The molecule has 224 valence electrons. The number of hydrogen-bond acceptors (Lipinski definition) is 10. The van der Waals surface area contributed by atoms with Crippen molar-refractivity contribution in [1.29, 1.82) is 0 Å². The quantitative estimate of drug-likeness (QED) is 0.316. The molecule has 1 amide bonds. The van der Waals surface area contributed by atoms with Crippen molar-refractivity contribution in [2.45, 2.75) is 51.8 Å². The van der Waals surface area contributed by atoms with Crippen molar-refractivity contribution in [2.24, 2.45) is 23.0 Å². The number of hydrogen-bond donors (Lipinski definition) is 5. The van der Waals surface area contributed by atoms with Crippen LogP contribution in [0.3, 0.4) is 0 Å². The SMILES string of the molecule is CN(Cc1cc(N(C)C)c2c(c1O)C(O)=C1C(=O)C3(O)C(O)=C(C(N)=O)C(=O)C(N(C)C)C3CC1C2)CC(C)(C)C. The molecule has 0 aromatic heterocycles. The third-order valence-electron chi connectivity index (χ3n) is 8.44. The summed E-state index contributed by atoms with van der Waals surface area (Å²) < 4.78 is 0. The number of phenols is 1. The number of fused-ring (bicyclic) bond motifs is 3. The highest BCUT2D eigenvalue weighted by molar-refractivity contribution is 6.24. The fraction of sp³-hybridized carbons (Fsp3) is 0.567. The van der Waals surface area contributed by atoms with Gasteiger partial charge in [-0.1, -0.05) is 20.8 Å². The van der Waals surface area contributed by atoms with Crippen molar-refractivity contribution in [3.05, 3.63) is 39.7 Å². The van der Waals surface area contributed by atoms with E-state index in [1.807, 2.05) is 32.1 Å². The van der Waals surface area contributed by atoms with E-state index in [4.69, 9.17) is 5.73 Å². The van der Waals surface area contributed by atoms with Crippen LogP contribution in [0.2, 0.25) is 0 Å². The summed E-state index contributed by atoms with van der Waals surface area (Å²) >= 11 is 0. The topological polar surface area (TPSA) is 168 Å². The van der Waals surface area contributed by atoms with Crippen molar-refractivity contribution in [3.8, 4) is 5.75 Å². The first-order valence-electron chi connectivity index (χ1n) is 13.7. The van der Waals surface area contributed by atoms with Gasteiger partial charge in [0.05, 0.1) is 11.6 Å². The zero-order chi connectivity index (χ0) is 30.9. The molecule has 3 aliphatic carbocycles. The number of likely N-dealkylation sites (N-methyl/N-ethyl adjacent to an activating group) is 1. The smallest absolute Gasteiger partial charge is 0.255 e. The zero-order valence-electron chi connectivity index (χ0n) is 25.1. The molecular formula is C30H42N4O7. The van der Waals surface area contributed by atoms with Crippen LogP contribution < -0.4 is 10.6 Å². The molecule has 3 aliphatic rings. The van der Waals surface area contributed by atoms with Crippen molar-refractivity contribution in [2.75, 3.05) is 46.7 Å². The Bertz CT molecular complexity index is 1390. The van der Waals surface area contributed by atoms with E-state index in [0.29, 0.717) is 17.7 Å². The van der Waals surface area contributed by atoms with E-state index in [1.54, 1.807) is 14.1 Å². The molecule has 0 spiro atoms. The van der Waals surface area contributed by atoms with Crippen molar-refractivity contribution < 1.29 is 34.8 Å². The molecule has 0 saturated heterocycles. The number of aromatic hydroxyl groups is 1. The summed E-state index contributed by atoms with van der Waals surface area (Å²) in [5, 5.41) is 45.9. The fourth-order valence-corrected chi connectivity index (χ4v) is 7.02. The van der Waals surface area contributed by atoms with Gasteiger partial charge < -0.3 is 36.0 Å². The van der Waals surface area contributed by atoms with Crippen LogP contribution in [-0.4, -0.2) is 101 Å². The number of amides is 1. The normalized spacial score (nSPS) is 26.4. The van der Waals surface area contributed by atoms with Gasteiger partial charge in [0, 0.05) is 49.9 Å². The predicted molar refractivity (Wildman–Crippen MR) is 154 cm³/mol. The van der Waals surface area contributed by atoms with E-state index in [0.717, 1.165) is 12.2 Å². The van der Waals surface area contributed by atoms with Gasteiger partial charge in [-0.25, -0.2) is 0 Å². The van der Waals surface area contributed by atoms with Crippen molar-refractivity contribution in [1.82, 2.24) is 9.80 Å². The minimum Gasteiger partial charge on any atom is -0.508 e. The Balaban J connectivity index is 1.93. The maximum Gasteiger partial charge on any atom is 0.255 e. The van der Waals surface area contributed by atoms with E-state index in [-0.39, 0.29) is 35.1 Å². The third-order valence-corrected chi connectivity index (χ3v) is 8.44. The van der Waals surface area contributed by atoms with Gasteiger partial charge in [-0.2, -0.15) is 0 Å². The van der Waals surface area contributed by atoms with Crippen LogP contribution in [0.1, 0.15) is 43.9 Å². The largest absolute Gasteiger partial charge is 0.508 e. The number of rotatable bonds is 6. The molecule has 0 heterocycles. The third kappa shape index (κ3) is 4.79. The average Bonchev–Trinajstić information content (AvgIpc) is 2.81. The highest BCUT2D eigenvalue weighted by atomic mass is 16.3. The summed E-state index contributed by atoms with van der Waals surface area (Å²) in [6, 6.07) is 0.766. The second kappa shape index (κ2) is 10.1. The predicted octanol–water partition coefficient (Wildman–Crippen LogP) is 1.51. The molecular weight excluding hydrogens is 528 g/mol. The van der Waals surface area contributed by atoms with Crippen LogP contribution >= 0.6 is 0 Å². The lowest BCUT2D eigenvalue weighted by Gasteiger charge is -2.50. The number of anilines is 1. The second-order valence-corrected chi connectivity index (χ2v) is 13.3. The van der Waals surface area contributed by atoms with Gasteiger partial charge in [-0.3, -0.25) is 19.3 Å². The maximum absolute atomic E-state index is 14.1. The molecule has 1 fully saturated rings. The molecule has 41 heavy (non-hydrogen) atoms. The molecule has 6 N–H and O–H groups in total. The molecule has 11 nitrogen and oxygen atoms in total. The first-order valence-corrected chi connectivity index (χ1v) is 13.7. The van der Waals surface area contributed by atoms with E-state index < -0.39 is 58.0 Å². The van der Waals surface area contributed by atoms with E-state index >= 15 is 0 Å². The molecule has 4 rings (SSSR count). The average molecular weight is 571 g/mol. The second-order valence-electron chi connectivity index (χ2n) is 13.3. The number of benzene rings is 1. The number of nitrogens with two attached hydrogens (primary N) is 1. The number of phenolic OH excluding ortho intramolecular Hbond substituents is 1. The number of Topliss-reactive ketones (excluding diaryl/α,β-unsaturated/α-hetero) is 2. The highest BCUT2D eigenvalue weighted by Gasteiger charge is 2.64. The van der Waals surface area contributed by atoms with Crippen LogP contribution in [-0.2, 0) is 27.3 Å². The molecule has 1 aromatic carbocycles. The molecule has 4 unspecified atom stereocenters. The molecule has 0 aliphatic heterocycles. The number of carbonyl (C=O) groups is 3. The van der Waals surface area contributed by atoms with Crippen LogP contribution in [0, 0.1) is 17.3 Å². The van der Waals surface area contributed by atoms with Crippen molar-refractivity contribution >= 4 is 28.9 Å².